The van der Waals surface area contributed by atoms with E-state index in [4.69, 9.17) is 10.00 Å². The Bertz CT molecular complexity index is 905. The van der Waals surface area contributed by atoms with Crippen LogP contribution in [0.4, 0.5) is 0 Å². The predicted molar refractivity (Wildman–Crippen MR) is 89.2 cm³/mol. The lowest BCUT2D eigenvalue weighted by Crippen LogP contribution is -2.35. The number of morpholine rings is 1. The molecule has 1 saturated heterocycles. The van der Waals surface area contributed by atoms with Crippen LogP contribution < -0.4 is 0 Å². The fourth-order valence-corrected chi connectivity index (χ4v) is 2.97. The highest BCUT2D eigenvalue weighted by atomic mass is 16.5. The maximum absolute atomic E-state index is 9.05. The van der Waals surface area contributed by atoms with Crippen LogP contribution in [0.25, 0.3) is 16.8 Å². The number of nitriles is 1. The molecule has 120 valence electrons. The number of benzene rings is 1. The van der Waals surface area contributed by atoms with Crippen molar-refractivity contribution < 1.29 is 4.74 Å². The molecular weight excluding hydrogens is 302 g/mol. The topological polar surface area (TPSA) is 66.5 Å². The van der Waals surface area contributed by atoms with E-state index in [1.807, 2.05) is 6.20 Å². The maximum atomic E-state index is 9.05. The summed E-state index contributed by atoms with van der Waals surface area (Å²) in [5.41, 5.74) is 4.43. The molecule has 1 aromatic carbocycles. The van der Waals surface area contributed by atoms with E-state index in [1.165, 1.54) is 5.56 Å². The standard InChI is InChI=1S/C18H17N5O/c19-9-16-11-21-23-13-17(10-20-18(16)23)15-3-1-2-14(8-15)12-22-4-6-24-7-5-22/h1-3,8,10-11,13H,4-7,12H2. The van der Waals surface area contributed by atoms with Crippen molar-refractivity contribution in [3.63, 3.8) is 0 Å². The minimum Gasteiger partial charge on any atom is -0.379 e. The zero-order chi connectivity index (χ0) is 16.4. The molecule has 0 saturated carbocycles. The first-order valence-electron chi connectivity index (χ1n) is 7.96. The number of nitrogens with zero attached hydrogens (tertiary/aromatic N) is 5. The molecule has 0 bridgehead atoms. The van der Waals surface area contributed by atoms with Gasteiger partial charge in [-0.05, 0) is 17.2 Å². The summed E-state index contributed by atoms with van der Waals surface area (Å²) in [4.78, 5) is 6.78. The van der Waals surface area contributed by atoms with Crippen molar-refractivity contribution in [3.05, 3.63) is 54.0 Å². The molecule has 3 aromatic rings. The monoisotopic (exact) mass is 319 g/mol. The first kappa shape index (κ1) is 14.8. The Kier molecular flexibility index (Phi) is 3.95. The Morgan fingerprint density at radius 2 is 2.04 bits per heavy atom. The molecule has 6 nitrogen and oxygen atoms in total. The SMILES string of the molecule is N#Cc1cnn2cc(-c3cccc(CN4CCOCC4)c3)cnc12. The van der Waals surface area contributed by atoms with Gasteiger partial charge in [0, 0.05) is 37.6 Å². The Balaban J connectivity index is 1.62. The van der Waals surface area contributed by atoms with Crippen LogP contribution in [-0.2, 0) is 11.3 Å². The third kappa shape index (κ3) is 2.87. The van der Waals surface area contributed by atoms with Gasteiger partial charge >= 0.3 is 0 Å². The second-order valence-electron chi connectivity index (χ2n) is 5.87. The summed E-state index contributed by atoms with van der Waals surface area (Å²) in [5.74, 6) is 0. The van der Waals surface area contributed by atoms with Gasteiger partial charge < -0.3 is 4.74 Å². The van der Waals surface area contributed by atoms with E-state index < -0.39 is 0 Å². The normalized spacial score (nSPS) is 15.5. The molecule has 24 heavy (non-hydrogen) atoms. The minimum absolute atomic E-state index is 0.489. The predicted octanol–water partition coefficient (Wildman–Crippen LogP) is 2.10. The highest BCUT2D eigenvalue weighted by Gasteiger charge is 2.11. The second kappa shape index (κ2) is 6.40. The molecular formula is C18H17N5O. The van der Waals surface area contributed by atoms with Gasteiger partial charge in [-0.1, -0.05) is 18.2 Å². The van der Waals surface area contributed by atoms with Crippen LogP contribution in [0.1, 0.15) is 11.1 Å². The van der Waals surface area contributed by atoms with Crippen LogP contribution in [0.2, 0.25) is 0 Å². The van der Waals surface area contributed by atoms with Crippen LogP contribution in [-0.4, -0.2) is 45.8 Å². The Labute approximate surface area is 139 Å². The van der Waals surface area contributed by atoms with Crippen LogP contribution in [0.3, 0.4) is 0 Å². The maximum Gasteiger partial charge on any atom is 0.172 e. The number of fused-ring (bicyclic) bond motifs is 1. The van der Waals surface area contributed by atoms with Gasteiger partial charge in [-0.15, -0.1) is 0 Å². The summed E-state index contributed by atoms with van der Waals surface area (Å²) < 4.78 is 7.06. The lowest BCUT2D eigenvalue weighted by atomic mass is 10.1. The Morgan fingerprint density at radius 3 is 2.88 bits per heavy atom. The first-order valence-corrected chi connectivity index (χ1v) is 7.96. The van der Waals surface area contributed by atoms with Gasteiger partial charge in [0.2, 0.25) is 0 Å². The van der Waals surface area contributed by atoms with Gasteiger partial charge in [-0.25, -0.2) is 9.50 Å². The number of hydrogen-bond acceptors (Lipinski definition) is 5. The summed E-state index contributed by atoms with van der Waals surface area (Å²) in [5, 5.41) is 13.2. The van der Waals surface area contributed by atoms with E-state index in [-0.39, 0.29) is 0 Å². The summed E-state index contributed by atoms with van der Waals surface area (Å²) in [7, 11) is 0. The summed E-state index contributed by atoms with van der Waals surface area (Å²) in [6.07, 6.45) is 5.25. The third-order valence-electron chi connectivity index (χ3n) is 4.25. The van der Waals surface area contributed by atoms with Crippen molar-refractivity contribution in [2.24, 2.45) is 0 Å². The molecule has 2 aromatic heterocycles. The Hall–Kier alpha value is -2.75. The van der Waals surface area contributed by atoms with Gasteiger partial charge in [0.1, 0.15) is 11.6 Å². The van der Waals surface area contributed by atoms with E-state index in [2.05, 4.69) is 45.3 Å². The average molecular weight is 319 g/mol. The van der Waals surface area contributed by atoms with Crippen molar-refractivity contribution in [2.45, 2.75) is 6.54 Å². The van der Waals surface area contributed by atoms with Gasteiger partial charge in [-0.3, -0.25) is 4.90 Å². The molecule has 1 aliphatic heterocycles. The summed E-state index contributed by atoms with van der Waals surface area (Å²) in [6.45, 7) is 4.48. The third-order valence-corrected chi connectivity index (χ3v) is 4.25. The van der Waals surface area contributed by atoms with Gasteiger partial charge in [-0.2, -0.15) is 10.4 Å². The molecule has 0 spiro atoms. The highest BCUT2D eigenvalue weighted by molar-refractivity contribution is 5.65. The molecule has 0 atom stereocenters. The fraction of sp³-hybridized carbons (Fsp3) is 0.278. The average Bonchev–Trinajstić information content (AvgIpc) is 3.05. The summed E-state index contributed by atoms with van der Waals surface area (Å²) >= 11 is 0. The molecule has 6 heteroatoms. The van der Waals surface area contributed by atoms with Crippen LogP contribution in [0.5, 0.6) is 0 Å². The van der Waals surface area contributed by atoms with Crippen molar-refractivity contribution in [1.82, 2.24) is 19.5 Å². The number of hydrogen-bond donors (Lipinski definition) is 0. The van der Waals surface area contributed by atoms with Crippen LogP contribution >= 0.6 is 0 Å². The largest absolute Gasteiger partial charge is 0.379 e. The van der Waals surface area contributed by atoms with E-state index >= 15 is 0 Å². The fourth-order valence-electron chi connectivity index (χ4n) is 2.97. The van der Waals surface area contributed by atoms with E-state index in [1.54, 1.807) is 16.9 Å². The first-order chi connectivity index (χ1) is 11.8. The number of aromatic nitrogens is 3. The quantitative estimate of drug-likeness (QED) is 0.739. The molecule has 0 radical (unpaired) electrons. The second-order valence-corrected chi connectivity index (χ2v) is 5.87. The van der Waals surface area contributed by atoms with Gasteiger partial charge in [0.05, 0.1) is 19.4 Å². The Morgan fingerprint density at radius 1 is 1.17 bits per heavy atom. The zero-order valence-corrected chi connectivity index (χ0v) is 13.2. The van der Waals surface area contributed by atoms with Crippen molar-refractivity contribution >= 4 is 5.65 Å². The molecule has 1 aliphatic rings. The molecule has 1 fully saturated rings. The molecule has 0 unspecified atom stereocenters. The minimum atomic E-state index is 0.489. The van der Waals surface area contributed by atoms with E-state index in [0.29, 0.717) is 11.2 Å². The van der Waals surface area contributed by atoms with Crippen LogP contribution in [0, 0.1) is 11.3 Å². The lowest BCUT2D eigenvalue weighted by molar-refractivity contribution is 0.0342. The van der Waals surface area contributed by atoms with Crippen LogP contribution in [0.15, 0.2) is 42.9 Å². The highest BCUT2D eigenvalue weighted by Crippen LogP contribution is 2.21. The van der Waals surface area contributed by atoms with E-state index in [9.17, 15) is 0 Å². The molecule has 0 N–H and O–H groups in total. The van der Waals surface area contributed by atoms with Gasteiger partial charge in [0.25, 0.3) is 0 Å². The molecule has 0 amide bonds. The number of rotatable bonds is 3. The van der Waals surface area contributed by atoms with Crippen molar-refractivity contribution in [1.29, 1.82) is 5.26 Å². The zero-order valence-electron chi connectivity index (χ0n) is 13.2. The number of ether oxygens (including phenoxy) is 1. The van der Waals surface area contributed by atoms with Gasteiger partial charge in [0.15, 0.2) is 5.65 Å². The smallest absolute Gasteiger partial charge is 0.172 e. The van der Waals surface area contributed by atoms with E-state index in [0.717, 1.165) is 44.0 Å². The summed E-state index contributed by atoms with van der Waals surface area (Å²) in [6, 6.07) is 10.6. The molecule has 3 heterocycles. The molecule has 4 rings (SSSR count). The molecule has 0 aliphatic carbocycles. The van der Waals surface area contributed by atoms with Crippen molar-refractivity contribution in [3.8, 4) is 17.2 Å². The lowest BCUT2D eigenvalue weighted by Gasteiger charge is -2.26. The van der Waals surface area contributed by atoms with Crippen molar-refractivity contribution in [2.75, 3.05) is 26.3 Å².